The summed E-state index contributed by atoms with van der Waals surface area (Å²) in [4.78, 5) is 14.1. The van der Waals surface area contributed by atoms with Gasteiger partial charge in [-0.15, -0.1) is 0 Å². The SMILES string of the molecule is Cc1ccc(-c2n[nH]c(=S)n2CCC(=O)N(C)Cc2ccc(C)o2)cc1. The maximum absolute atomic E-state index is 12.5. The third kappa shape index (κ3) is 4.11. The molecule has 0 unspecified atom stereocenters. The number of benzene rings is 1. The summed E-state index contributed by atoms with van der Waals surface area (Å²) in [5, 5.41) is 7.14. The number of aromatic nitrogens is 3. The van der Waals surface area contributed by atoms with Crippen LogP contribution in [0.5, 0.6) is 0 Å². The molecule has 0 spiro atoms. The number of hydrogen-bond acceptors (Lipinski definition) is 4. The van der Waals surface area contributed by atoms with E-state index in [0.717, 1.165) is 22.9 Å². The first-order valence-electron chi connectivity index (χ1n) is 8.45. The summed E-state index contributed by atoms with van der Waals surface area (Å²) in [6, 6.07) is 11.9. The molecule has 3 aromatic rings. The summed E-state index contributed by atoms with van der Waals surface area (Å²) in [7, 11) is 1.77. The molecule has 1 N–H and O–H groups in total. The van der Waals surface area contributed by atoms with Crippen LogP contribution in [0.15, 0.2) is 40.8 Å². The van der Waals surface area contributed by atoms with Gasteiger partial charge in [0.05, 0.1) is 6.54 Å². The highest BCUT2D eigenvalue weighted by Gasteiger charge is 2.14. The molecule has 0 fully saturated rings. The highest BCUT2D eigenvalue weighted by atomic mass is 32.1. The average Bonchev–Trinajstić information content (AvgIpc) is 3.19. The lowest BCUT2D eigenvalue weighted by molar-refractivity contribution is -0.130. The van der Waals surface area contributed by atoms with Crippen molar-refractivity contribution < 1.29 is 9.21 Å². The zero-order valence-corrected chi connectivity index (χ0v) is 16.0. The summed E-state index contributed by atoms with van der Waals surface area (Å²) in [6.45, 7) is 4.85. The quantitative estimate of drug-likeness (QED) is 0.669. The lowest BCUT2D eigenvalue weighted by Gasteiger charge is -2.16. The Kier molecular flexibility index (Phi) is 5.37. The first kappa shape index (κ1) is 18.1. The average molecular weight is 370 g/mol. The second kappa shape index (κ2) is 7.70. The second-order valence-electron chi connectivity index (χ2n) is 6.38. The van der Waals surface area contributed by atoms with Crippen LogP contribution in [0.3, 0.4) is 0 Å². The molecule has 1 aromatic carbocycles. The second-order valence-corrected chi connectivity index (χ2v) is 6.77. The van der Waals surface area contributed by atoms with E-state index in [2.05, 4.69) is 10.2 Å². The molecule has 0 saturated heterocycles. The molecule has 26 heavy (non-hydrogen) atoms. The third-order valence-electron chi connectivity index (χ3n) is 4.23. The molecular formula is C19H22N4O2S. The standard InChI is InChI=1S/C19H22N4O2S/c1-13-4-7-15(8-5-13)18-20-21-19(26)23(18)11-10-17(24)22(3)12-16-9-6-14(2)25-16/h4-9H,10-12H2,1-3H3,(H,21,26). The fourth-order valence-corrected chi connectivity index (χ4v) is 2.96. The summed E-state index contributed by atoms with van der Waals surface area (Å²) in [6.07, 6.45) is 0.336. The molecule has 0 saturated carbocycles. The van der Waals surface area contributed by atoms with Gasteiger partial charge in [0.25, 0.3) is 0 Å². The number of furan rings is 1. The van der Waals surface area contributed by atoms with E-state index in [4.69, 9.17) is 16.6 Å². The zero-order chi connectivity index (χ0) is 18.7. The summed E-state index contributed by atoms with van der Waals surface area (Å²) < 4.78 is 7.91. The Morgan fingerprint density at radius 1 is 1.23 bits per heavy atom. The van der Waals surface area contributed by atoms with Crippen LogP contribution in [-0.4, -0.2) is 32.6 Å². The summed E-state index contributed by atoms with van der Waals surface area (Å²) >= 11 is 5.33. The Labute approximate surface area is 157 Å². The normalized spacial score (nSPS) is 10.9. The van der Waals surface area contributed by atoms with E-state index in [1.165, 1.54) is 5.56 Å². The summed E-state index contributed by atoms with van der Waals surface area (Å²) in [5.41, 5.74) is 2.15. The first-order chi connectivity index (χ1) is 12.4. The van der Waals surface area contributed by atoms with Crippen LogP contribution in [0.25, 0.3) is 11.4 Å². The van der Waals surface area contributed by atoms with Gasteiger partial charge in [-0.2, -0.15) is 5.10 Å². The van der Waals surface area contributed by atoms with Crippen LogP contribution in [0, 0.1) is 18.6 Å². The predicted octanol–water partition coefficient (Wildman–Crippen LogP) is 3.87. The monoisotopic (exact) mass is 370 g/mol. The van der Waals surface area contributed by atoms with Gasteiger partial charge >= 0.3 is 0 Å². The molecule has 2 aromatic heterocycles. The lowest BCUT2D eigenvalue weighted by Crippen LogP contribution is -2.27. The Morgan fingerprint density at radius 2 is 1.96 bits per heavy atom. The number of rotatable bonds is 6. The van der Waals surface area contributed by atoms with E-state index >= 15 is 0 Å². The van der Waals surface area contributed by atoms with Crippen molar-refractivity contribution in [3.8, 4) is 11.4 Å². The molecule has 1 amide bonds. The van der Waals surface area contributed by atoms with Crippen LogP contribution in [0.2, 0.25) is 0 Å². The van der Waals surface area contributed by atoms with E-state index in [0.29, 0.717) is 24.3 Å². The smallest absolute Gasteiger partial charge is 0.224 e. The molecule has 0 radical (unpaired) electrons. The number of carbonyl (C=O) groups excluding carboxylic acids is 1. The van der Waals surface area contributed by atoms with Gasteiger partial charge in [-0.1, -0.05) is 29.8 Å². The van der Waals surface area contributed by atoms with Gasteiger partial charge in [-0.25, -0.2) is 0 Å². The maximum atomic E-state index is 12.5. The fourth-order valence-electron chi connectivity index (χ4n) is 2.74. The Hall–Kier alpha value is -2.67. The van der Waals surface area contributed by atoms with E-state index in [1.54, 1.807) is 11.9 Å². The van der Waals surface area contributed by atoms with E-state index in [1.807, 2.05) is 54.8 Å². The number of H-pyrrole nitrogens is 1. The molecule has 0 aliphatic carbocycles. The van der Waals surface area contributed by atoms with Crippen LogP contribution < -0.4 is 0 Å². The number of hydrogen-bond donors (Lipinski definition) is 1. The van der Waals surface area contributed by atoms with Crippen molar-refractivity contribution in [3.63, 3.8) is 0 Å². The van der Waals surface area contributed by atoms with Crippen molar-refractivity contribution in [1.29, 1.82) is 0 Å². The number of nitrogens with one attached hydrogen (secondary N) is 1. The highest BCUT2D eigenvalue weighted by molar-refractivity contribution is 7.71. The van der Waals surface area contributed by atoms with E-state index in [9.17, 15) is 4.79 Å². The molecule has 6 nitrogen and oxygen atoms in total. The molecule has 0 aliphatic rings. The van der Waals surface area contributed by atoms with Gasteiger partial charge in [0.15, 0.2) is 10.6 Å². The van der Waals surface area contributed by atoms with Gasteiger partial charge in [0.2, 0.25) is 5.91 Å². The predicted molar refractivity (Wildman–Crippen MR) is 102 cm³/mol. The van der Waals surface area contributed by atoms with Crippen molar-refractivity contribution in [2.45, 2.75) is 33.4 Å². The van der Waals surface area contributed by atoms with Gasteiger partial charge in [-0.05, 0) is 38.2 Å². The molecule has 0 atom stereocenters. The number of aryl methyl sites for hydroxylation is 2. The summed E-state index contributed by atoms with van der Waals surface area (Å²) in [5.74, 6) is 2.39. The number of amides is 1. The first-order valence-corrected chi connectivity index (χ1v) is 8.86. The minimum atomic E-state index is 0.0250. The van der Waals surface area contributed by atoms with Crippen molar-refractivity contribution in [1.82, 2.24) is 19.7 Å². The van der Waals surface area contributed by atoms with Crippen molar-refractivity contribution in [3.05, 3.63) is 58.3 Å². The lowest BCUT2D eigenvalue weighted by atomic mass is 10.1. The number of carbonyl (C=O) groups is 1. The van der Waals surface area contributed by atoms with E-state index in [-0.39, 0.29) is 5.91 Å². The topological polar surface area (TPSA) is 67.1 Å². The molecule has 0 bridgehead atoms. The van der Waals surface area contributed by atoms with Gasteiger partial charge in [0, 0.05) is 25.6 Å². The zero-order valence-electron chi connectivity index (χ0n) is 15.2. The Morgan fingerprint density at radius 3 is 2.62 bits per heavy atom. The third-order valence-corrected chi connectivity index (χ3v) is 4.54. The molecular weight excluding hydrogens is 348 g/mol. The van der Waals surface area contributed by atoms with Gasteiger partial charge < -0.3 is 9.32 Å². The van der Waals surface area contributed by atoms with Crippen molar-refractivity contribution in [2.24, 2.45) is 0 Å². The van der Waals surface area contributed by atoms with Crippen molar-refractivity contribution in [2.75, 3.05) is 7.05 Å². The van der Waals surface area contributed by atoms with Gasteiger partial charge in [-0.3, -0.25) is 14.5 Å². The van der Waals surface area contributed by atoms with E-state index < -0.39 is 0 Å². The van der Waals surface area contributed by atoms with Crippen LogP contribution in [-0.2, 0) is 17.9 Å². The molecule has 0 aliphatic heterocycles. The molecule has 3 rings (SSSR count). The molecule has 7 heteroatoms. The maximum Gasteiger partial charge on any atom is 0.224 e. The van der Waals surface area contributed by atoms with Crippen LogP contribution >= 0.6 is 12.2 Å². The number of nitrogens with zero attached hydrogens (tertiary/aromatic N) is 3. The largest absolute Gasteiger partial charge is 0.464 e. The van der Waals surface area contributed by atoms with Crippen molar-refractivity contribution >= 4 is 18.1 Å². The molecule has 2 heterocycles. The minimum absolute atomic E-state index is 0.0250. The Bertz CT molecular complexity index is 953. The molecule has 136 valence electrons. The fraction of sp³-hybridized carbons (Fsp3) is 0.316. The minimum Gasteiger partial charge on any atom is -0.464 e. The van der Waals surface area contributed by atoms with Gasteiger partial charge in [0.1, 0.15) is 11.5 Å². The Balaban J connectivity index is 1.67. The highest BCUT2D eigenvalue weighted by Crippen LogP contribution is 2.18. The van der Waals surface area contributed by atoms with Crippen LogP contribution in [0.1, 0.15) is 23.5 Å². The number of aromatic amines is 1. The van der Waals surface area contributed by atoms with Crippen LogP contribution in [0.4, 0.5) is 0 Å².